The van der Waals surface area contributed by atoms with Crippen molar-refractivity contribution < 1.29 is 38.6 Å². The van der Waals surface area contributed by atoms with E-state index in [4.69, 9.17) is 9.84 Å². The number of nitrogens with zero attached hydrogens (tertiary/aromatic N) is 1. The fourth-order valence-electron chi connectivity index (χ4n) is 3.13. The number of rotatable bonds is 14. The summed E-state index contributed by atoms with van der Waals surface area (Å²) < 4.78 is 5.39. The van der Waals surface area contributed by atoms with Crippen molar-refractivity contribution >= 4 is 36.3 Å². The van der Waals surface area contributed by atoms with Crippen molar-refractivity contribution in [3.63, 3.8) is 0 Å². The lowest BCUT2D eigenvalue weighted by atomic mass is 10.1. The van der Waals surface area contributed by atoms with Gasteiger partial charge < -0.3 is 30.1 Å². The van der Waals surface area contributed by atoms with Crippen LogP contribution in [0.2, 0.25) is 0 Å². The zero-order chi connectivity index (χ0) is 25.5. The maximum atomic E-state index is 12.6. The number of carbonyl (C=O) groups is 6. The predicted octanol–water partition coefficient (Wildman–Crippen LogP) is 0.805. The van der Waals surface area contributed by atoms with Gasteiger partial charge in [-0.3, -0.25) is 24.1 Å². The fourth-order valence-corrected chi connectivity index (χ4v) is 3.13. The molecule has 1 aliphatic heterocycles. The normalized spacial score (nSPS) is 12.8. The molecule has 3 N–H and O–H groups in total. The topological polar surface area (TPSA) is 159 Å². The molecule has 1 aromatic rings. The van der Waals surface area contributed by atoms with Crippen LogP contribution < -0.4 is 15.4 Å². The molecule has 0 saturated heterocycles. The molecule has 0 saturated carbocycles. The molecule has 0 spiro atoms. The smallest absolute Gasteiger partial charge is 0.303 e. The van der Waals surface area contributed by atoms with Gasteiger partial charge in [0.15, 0.2) is 6.61 Å². The van der Waals surface area contributed by atoms with Crippen molar-refractivity contribution in [3.8, 4) is 5.75 Å². The largest absolute Gasteiger partial charge is 0.484 e. The lowest BCUT2D eigenvalue weighted by Crippen LogP contribution is -2.40. The molecule has 11 heteroatoms. The van der Waals surface area contributed by atoms with E-state index in [9.17, 15) is 28.8 Å². The van der Waals surface area contributed by atoms with E-state index in [0.29, 0.717) is 38.4 Å². The average molecular weight is 478 g/mol. The Bertz CT molecular complexity index is 887. The molecule has 34 heavy (non-hydrogen) atoms. The number of amides is 3. The summed E-state index contributed by atoms with van der Waals surface area (Å²) in [5, 5.41) is 14.0. The number of fused-ring (bicyclic) bond motifs is 1. The standard InChI is InChI=1S/C21H24N2O8.C2H7N/c24-10-4-5-14(12-25)23-20(29)16-8-7-15(11-17(16)21(23)30)31-13-18(26)22-9-3-1-2-6-19(27)28;1-3-2/h7-8,10-12,14H,1-6,9,13H2,(H,22,26)(H,27,28);3H,1-2H3. The minimum Gasteiger partial charge on any atom is -0.484 e. The fraction of sp³-hybridized carbons (Fsp3) is 0.478. The molecule has 2 rings (SSSR count). The van der Waals surface area contributed by atoms with Gasteiger partial charge >= 0.3 is 5.97 Å². The van der Waals surface area contributed by atoms with Gasteiger partial charge in [-0.15, -0.1) is 0 Å². The molecule has 0 aliphatic carbocycles. The maximum Gasteiger partial charge on any atom is 0.303 e. The van der Waals surface area contributed by atoms with Gasteiger partial charge in [0.2, 0.25) is 0 Å². The number of hydrogen-bond acceptors (Lipinski definition) is 8. The minimum atomic E-state index is -1.02. The van der Waals surface area contributed by atoms with Crippen LogP contribution in [0.15, 0.2) is 18.2 Å². The molecule has 11 nitrogen and oxygen atoms in total. The third kappa shape index (κ3) is 8.74. The first-order valence-electron chi connectivity index (χ1n) is 10.9. The summed E-state index contributed by atoms with van der Waals surface area (Å²) in [4.78, 5) is 70.1. The average Bonchev–Trinajstić information content (AvgIpc) is 3.05. The highest BCUT2D eigenvalue weighted by Crippen LogP contribution is 2.28. The highest BCUT2D eigenvalue weighted by atomic mass is 16.5. The molecule has 0 radical (unpaired) electrons. The van der Waals surface area contributed by atoms with Crippen LogP contribution in [0.25, 0.3) is 0 Å². The SMILES string of the molecule is CNC.O=CCCC(C=O)N1C(=O)c2ccc(OCC(=O)NCCCCCC(=O)O)cc2C1=O. The third-order valence-electron chi connectivity index (χ3n) is 4.72. The number of nitrogens with one attached hydrogen (secondary N) is 2. The van der Waals surface area contributed by atoms with E-state index in [2.05, 4.69) is 10.6 Å². The number of carboxylic acids is 1. The summed E-state index contributed by atoms with van der Waals surface area (Å²) >= 11 is 0. The summed E-state index contributed by atoms with van der Waals surface area (Å²) in [5.41, 5.74) is 0.195. The second-order valence-corrected chi connectivity index (χ2v) is 7.48. The van der Waals surface area contributed by atoms with E-state index in [1.165, 1.54) is 18.2 Å². The maximum absolute atomic E-state index is 12.6. The highest BCUT2D eigenvalue weighted by molar-refractivity contribution is 6.22. The first-order chi connectivity index (χ1) is 16.3. The van der Waals surface area contributed by atoms with Crippen LogP contribution in [-0.4, -0.2) is 79.6 Å². The summed E-state index contributed by atoms with van der Waals surface area (Å²) in [5.74, 6) is -2.28. The first kappa shape index (κ1) is 28.4. The first-order valence-corrected chi connectivity index (χ1v) is 10.9. The van der Waals surface area contributed by atoms with Gasteiger partial charge in [0.1, 0.15) is 18.3 Å². The second-order valence-electron chi connectivity index (χ2n) is 7.48. The van der Waals surface area contributed by atoms with Crippen LogP contribution in [-0.2, 0) is 19.2 Å². The van der Waals surface area contributed by atoms with E-state index in [1.807, 2.05) is 14.1 Å². The molecule has 0 aromatic heterocycles. The van der Waals surface area contributed by atoms with Gasteiger partial charge in [-0.2, -0.15) is 0 Å². The summed E-state index contributed by atoms with van der Waals surface area (Å²) in [6.45, 7) is 0.0951. The van der Waals surface area contributed by atoms with Crippen molar-refractivity contribution in [1.29, 1.82) is 0 Å². The van der Waals surface area contributed by atoms with Crippen molar-refractivity contribution in [3.05, 3.63) is 29.3 Å². The number of hydrogen-bond donors (Lipinski definition) is 3. The molecule has 1 aliphatic rings. The Hall–Kier alpha value is -3.60. The van der Waals surface area contributed by atoms with E-state index < -0.39 is 23.8 Å². The number of carboxylic acid groups (broad SMARTS) is 1. The Kier molecular flexibility index (Phi) is 12.8. The van der Waals surface area contributed by atoms with E-state index in [-0.39, 0.29) is 48.7 Å². The number of carbonyl (C=O) groups excluding carboxylic acids is 5. The Morgan fingerprint density at radius 3 is 2.38 bits per heavy atom. The lowest BCUT2D eigenvalue weighted by Gasteiger charge is -2.20. The van der Waals surface area contributed by atoms with Gasteiger partial charge in [0, 0.05) is 19.4 Å². The summed E-state index contributed by atoms with van der Waals surface area (Å²) in [7, 11) is 3.75. The zero-order valence-corrected chi connectivity index (χ0v) is 19.4. The van der Waals surface area contributed by atoms with Gasteiger partial charge in [0.25, 0.3) is 17.7 Å². The molecule has 0 fully saturated rings. The van der Waals surface area contributed by atoms with Gasteiger partial charge in [-0.25, -0.2) is 0 Å². The van der Waals surface area contributed by atoms with Crippen LogP contribution in [0.3, 0.4) is 0 Å². The van der Waals surface area contributed by atoms with E-state index >= 15 is 0 Å². The third-order valence-corrected chi connectivity index (χ3v) is 4.72. The number of ether oxygens (including phenoxy) is 1. The number of benzene rings is 1. The van der Waals surface area contributed by atoms with E-state index in [0.717, 1.165) is 4.90 Å². The van der Waals surface area contributed by atoms with Crippen LogP contribution in [0.1, 0.15) is 59.2 Å². The Morgan fingerprint density at radius 1 is 1.09 bits per heavy atom. The number of aliphatic carboxylic acids is 1. The molecular weight excluding hydrogens is 446 g/mol. The molecule has 1 heterocycles. The summed E-state index contributed by atoms with van der Waals surface area (Å²) in [6, 6.07) is 3.17. The molecule has 1 atom stereocenters. The van der Waals surface area contributed by atoms with Gasteiger partial charge in [-0.05, 0) is 51.6 Å². The Morgan fingerprint density at radius 2 is 1.76 bits per heavy atom. The van der Waals surface area contributed by atoms with Gasteiger partial charge in [0.05, 0.1) is 17.2 Å². The molecule has 186 valence electrons. The highest BCUT2D eigenvalue weighted by Gasteiger charge is 2.40. The quantitative estimate of drug-likeness (QED) is 0.200. The lowest BCUT2D eigenvalue weighted by molar-refractivity contribution is -0.137. The van der Waals surface area contributed by atoms with Crippen molar-refractivity contribution in [1.82, 2.24) is 15.5 Å². The predicted molar refractivity (Wildman–Crippen MR) is 122 cm³/mol. The molecule has 3 amide bonds. The van der Waals surface area contributed by atoms with Crippen LogP contribution in [0, 0.1) is 0 Å². The Balaban J connectivity index is 0.00000182. The monoisotopic (exact) mass is 477 g/mol. The zero-order valence-electron chi connectivity index (χ0n) is 19.4. The van der Waals surface area contributed by atoms with Crippen molar-refractivity contribution in [2.24, 2.45) is 0 Å². The van der Waals surface area contributed by atoms with Crippen molar-refractivity contribution in [2.45, 2.75) is 44.6 Å². The second kappa shape index (κ2) is 15.3. The number of aldehydes is 2. The van der Waals surface area contributed by atoms with E-state index in [1.54, 1.807) is 0 Å². The number of imide groups is 1. The Labute approximate surface area is 197 Å². The van der Waals surface area contributed by atoms with Crippen LogP contribution in [0.5, 0.6) is 5.75 Å². The van der Waals surface area contributed by atoms with Crippen molar-refractivity contribution in [2.75, 3.05) is 27.2 Å². The molecule has 0 bridgehead atoms. The van der Waals surface area contributed by atoms with Gasteiger partial charge in [-0.1, -0.05) is 6.42 Å². The summed E-state index contributed by atoms with van der Waals surface area (Å²) in [6.07, 6.45) is 3.14. The van der Waals surface area contributed by atoms with Crippen LogP contribution >= 0.6 is 0 Å². The van der Waals surface area contributed by atoms with Crippen LogP contribution in [0.4, 0.5) is 0 Å². The molecule has 1 aromatic carbocycles. The number of unbranched alkanes of at least 4 members (excludes halogenated alkanes) is 2. The molecular formula is C23H31N3O8. The minimum absolute atomic E-state index is 0.0415. The molecule has 1 unspecified atom stereocenters.